The second-order valence-corrected chi connectivity index (χ2v) is 10.6. The first-order chi connectivity index (χ1) is 18.8. The lowest BCUT2D eigenvalue weighted by atomic mass is 9.95. The molecule has 0 spiro atoms. The minimum atomic E-state index is -0.394. The van der Waals surface area contributed by atoms with Gasteiger partial charge >= 0.3 is 6.09 Å². The standard InChI is InChI=1S/C30H29ClN4O4/c1-18(36)19-7-8-24-20(13-19)14-25(32-24)29(37)35-17-21(16-31)28-23-6-4-3-5-22(23)27(15-26(28)35)39-30(38)34-11-9-33(2)10-12-34/h3-8,13-15,21,32H,9-12,16-17H2,1-2H3/t21-/m1/s1. The topological polar surface area (TPSA) is 85.9 Å². The van der Waals surface area contributed by atoms with Gasteiger partial charge in [-0.05, 0) is 49.2 Å². The van der Waals surface area contributed by atoms with Crippen LogP contribution < -0.4 is 9.64 Å². The Labute approximate surface area is 231 Å². The predicted octanol–water partition coefficient (Wildman–Crippen LogP) is 5.25. The molecule has 0 bridgehead atoms. The van der Waals surface area contributed by atoms with Crippen LogP contribution in [0.2, 0.25) is 0 Å². The molecule has 0 unspecified atom stereocenters. The molecule has 4 aromatic rings. The Hall–Kier alpha value is -3.88. The molecule has 2 amide bonds. The minimum Gasteiger partial charge on any atom is -0.409 e. The van der Waals surface area contributed by atoms with E-state index in [2.05, 4.69) is 9.88 Å². The molecular formula is C30H29ClN4O4. The number of aromatic nitrogens is 1. The van der Waals surface area contributed by atoms with Crippen molar-refractivity contribution in [3.63, 3.8) is 0 Å². The van der Waals surface area contributed by atoms with Crippen LogP contribution >= 0.6 is 11.6 Å². The van der Waals surface area contributed by atoms with Gasteiger partial charge in [-0.3, -0.25) is 9.59 Å². The number of benzene rings is 3. The smallest absolute Gasteiger partial charge is 0.409 e. The second kappa shape index (κ2) is 10.0. The molecule has 2 aliphatic rings. The van der Waals surface area contributed by atoms with E-state index in [1.165, 1.54) is 6.92 Å². The molecular weight excluding hydrogens is 516 g/mol. The maximum atomic E-state index is 13.9. The summed E-state index contributed by atoms with van der Waals surface area (Å²) in [7, 11) is 2.03. The van der Waals surface area contributed by atoms with Crippen molar-refractivity contribution in [2.75, 3.05) is 50.6 Å². The molecule has 1 atom stereocenters. The van der Waals surface area contributed by atoms with Crippen molar-refractivity contribution in [2.24, 2.45) is 0 Å². The lowest BCUT2D eigenvalue weighted by molar-refractivity contribution is 0.0982. The lowest BCUT2D eigenvalue weighted by Crippen LogP contribution is -2.48. The number of ketones is 1. The first-order valence-corrected chi connectivity index (χ1v) is 13.6. The Kier molecular flexibility index (Phi) is 6.53. The highest BCUT2D eigenvalue weighted by atomic mass is 35.5. The average Bonchev–Trinajstić information content (AvgIpc) is 3.54. The Morgan fingerprint density at radius 1 is 1.00 bits per heavy atom. The number of aromatic amines is 1. The molecule has 9 heteroatoms. The maximum Gasteiger partial charge on any atom is 0.415 e. The van der Waals surface area contributed by atoms with Crippen LogP contribution in [0.3, 0.4) is 0 Å². The molecule has 0 saturated carbocycles. The van der Waals surface area contributed by atoms with E-state index in [9.17, 15) is 14.4 Å². The Bertz CT molecular complexity index is 1620. The normalized spacial score (nSPS) is 17.6. The summed E-state index contributed by atoms with van der Waals surface area (Å²) in [6.07, 6.45) is -0.394. The van der Waals surface area contributed by atoms with Crippen molar-refractivity contribution in [1.82, 2.24) is 14.8 Å². The monoisotopic (exact) mass is 544 g/mol. The number of Topliss-reactive ketones (excluding diaryl/α,β-unsaturated/α-hetero) is 1. The molecule has 1 fully saturated rings. The van der Waals surface area contributed by atoms with Crippen LogP contribution in [-0.4, -0.2) is 78.2 Å². The summed E-state index contributed by atoms with van der Waals surface area (Å²) < 4.78 is 5.97. The van der Waals surface area contributed by atoms with Crippen molar-refractivity contribution in [2.45, 2.75) is 12.8 Å². The summed E-state index contributed by atoms with van der Waals surface area (Å²) in [5.41, 5.74) is 3.44. The van der Waals surface area contributed by atoms with Gasteiger partial charge in [-0.1, -0.05) is 24.3 Å². The van der Waals surface area contributed by atoms with Crippen LogP contribution in [0.15, 0.2) is 54.6 Å². The van der Waals surface area contributed by atoms with Gasteiger partial charge in [0.2, 0.25) is 0 Å². The van der Waals surface area contributed by atoms with Gasteiger partial charge in [0.25, 0.3) is 5.91 Å². The molecule has 200 valence electrons. The zero-order valence-corrected chi connectivity index (χ0v) is 22.6. The average molecular weight is 545 g/mol. The van der Waals surface area contributed by atoms with E-state index in [0.29, 0.717) is 48.2 Å². The first-order valence-electron chi connectivity index (χ1n) is 13.1. The number of amides is 2. The number of ether oxygens (including phenoxy) is 1. The number of halogens is 1. The number of carbonyl (C=O) groups excluding carboxylic acids is 3. The largest absolute Gasteiger partial charge is 0.415 e. The molecule has 0 aliphatic carbocycles. The van der Waals surface area contributed by atoms with Crippen molar-refractivity contribution >= 4 is 56.7 Å². The second-order valence-electron chi connectivity index (χ2n) is 10.3. The molecule has 6 rings (SSSR count). The number of H-pyrrole nitrogens is 1. The molecule has 1 N–H and O–H groups in total. The van der Waals surface area contributed by atoms with Crippen molar-refractivity contribution in [1.29, 1.82) is 0 Å². The molecule has 2 aliphatic heterocycles. The van der Waals surface area contributed by atoms with E-state index in [1.54, 1.807) is 34.1 Å². The van der Waals surface area contributed by atoms with Crippen molar-refractivity contribution < 1.29 is 19.1 Å². The number of piperazine rings is 1. The predicted molar refractivity (Wildman–Crippen MR) is 152 cm³/mol. The van der Waals surface area contributed by atoms with Gasteiger partial charge < -0.3 is 24.4 Å². The van der Waals surface area contributed by atoms with E-state index in [1.807, 2.05) is 37.4 Å². The third-order valence-corrected chi connectivity index (χ3v) is 8.15. The Balaban J connectivity index is 1.39. The maximum absolute atomic E-state index is 13.9. The molecule has 39 heavy (non-hydrogen) atoms. The van der Waals surface area contributed by atoms with Gasteiger partial charge in [-0.2, -0.15) is 0 Å². The first kappa shape index (κ1) is 25.4. The fraction of sp³-hybridized carbons (Fsp3) is 0.300. The summed E-state index contributed by atoms with van der Waals surface area (Å²) in [4.78, 5) is 47.6. The van der Waals surface area contributed by atoms with Gasteiger partial charge in [0.15, 0.2) is 5.78 Å². The van der Waals surface area contributed by atoms with Crippen LogP contribution in [0, 0.1) is 0 Å². The van der Waals surface area contributed by atoms with Crippen molar-refractivity contribution in [3.8, 4) is 5.75 Å². The number of carbonyl (C=O) groups is 3. The van der Waals surface area contributed by atoms with Crippen molar-refractivity contribution in [3.05, 3.63) is 71.4 Å². The quantitative estimate of drug-likeness (QED) is 0.280. The zero-order chi connectivity index (χ0) is 27.3. The highest BCUT2D eigenvalue weighted by Gasteiger charge is 2.36. The molecule has 8 nitrogen and oxygen atoms in total. The van der Waals surface area contributed by atoms with Gasteiger partial charge in [-0.25, -0.2) is 4.79 Å². The van der Waals surface area contributed by atoms with Gasteiger partial charge in [0.05, 0.1) is 5.69 Å². The molecule has 1 aromatic heterocycles. The van der Waals surface area contributed by atoms with E-state index < -0.39 is 6.09 Å². The molecule has 3 aromatic carbocycles. The third-order valence-electron chi connectivity index (χ3n) is 7.78. The summed E-state index contributed by atoms with van der Waals surface area (Å²) in [6.45, 7) is 4.71. The summed E-state index contributed by atoms with van der Waals surface area (Å²) in [5.74, 6) is 0.442. The molecule has 0 radical (unpaired) electrons. The van der Waals surface area contributed by atoms with Crippen LogP contribution in [-0.2, 0) is 0 Å². The number of nitrogens with one attached hydrogen (secondary N) is 1. The highest BCUT2D eigenvalue weighted by molar-refractivity contribution is 6.19. The molecule has 3 heterocycles. The van der Waals surface area contributed by atoms with E-state index in [4.69, 9.17) is 16.3 Å². The molecule has 1 saturated heterocycles. The number of fused-ring (bicyclic) bond motifs is 4. The van der Waals surface area contributed by atoms with E-state index in [0.717, 1.165) is 40.3 Å². The summed E-state index contributed by atoms with van der Waals surface area (Å²) >= 11 is 6.43. The van der Waals surface area contributed by atoms with Crippen LogP contribution in [0.4, 0.5) is 10.5 Å². The number of nitrogens with zero attached hydrogens (tertiary/aromatic N) is 3. The van der Waals surface area contributed by atoms with Crippen LogP contribution in [0.25, 0.3) is 21.7 Å². The van der Waals surface area contributed by atoms with Gasteiger partial charge in [-0.15, -0.1) is 11.6 Å². The number of alkyl halides is 1. The van der Waals surface area contributed by atoms with Gasteiger partial charge in [0.1, 0.15) is 11.4 Å². The van der Waals surface area contributed by atoms with Crippen LogP contribution in [0.5, 0.6) is 5.75 Å². The lowest BCUT2D eigenvalue weighted by Gasteiger charge is -2.31. The number of anilines is 1. The Morgan fingerprint density at radius 3 is 2.46 bits per heavy atom. The number of likely N-dealkylation sites (N-methyl/N-ethyl adjacent to an activating group) is 1. The Morgan fingerprint density at radius 2 is 1.74 bits per heavy atom. The minimum absolute atomic E-state index is 0.0325. The number of rotatable bonds is 4. The highest BCUT2D eigenvalue weighted by Crippen LogP contribution is 2.46. The van der Waals surface area contributed by atoms with Crippen LogP contribution in [0.1, 0.15) is 39.3 Å². The number of hydrogen-bond acceptors (Lipinski definition) is 5. The number of hydrogen-bond donors (Lipinski definition) is 1. The summed E-state index contributed by atoms with van der Waals surface area (Å²) in [6, 6.07) is 16.7. The zero-order valence-electron chi connectivity index (χ0n) is 21.9. The fourth-order valence-electron chi connectivity index (χ4n) is 5.58. The van der Waals surface area contributed by atoms with Gasteiger partial charge in [0, 0.05) is 72.4 Å². The summed E-state index contributed by atoms with van der Waals surface area (Å²) in [5, 5.41) is 2.52. The van der Waals surface area contributed by atoms with E-state index in [-0.39, 0.29) is 17.6 Å². The SMILES string of the molecule is CC(=O)c1ccc2[nH]c(C(=O)N3C[C@@H](CCl)c4c3cc(OC(=O)N3CCN(C)CC3)c3ccccc43)cc2c1. The third kappa shape index (κ3) is 4.53. The fourth-order valence-corrected chi connectivity index (χ4v) is 5.83. The van der Waals surface area contributed by atoms with E-state index >= 15 is 0 Å².